The molecule has 22 heavy (non-hydrogen) atoms. The van der Waals surface area contributed by atoms with Gasteiger partial charge in [0.1, 0.15) is 5.75 Å². The maximum absolute atomic E-state index is 11.6. The van der Waals surface area contributed by atoms with Gasteiger partial charge in [-0.2, -0.15) is 0 Å². The van der Waals surface area contributed by atoms with Crippen LogP contribution in [0.2, 0.25) is 0 Å². The number of aliphatic hydroxyl groups excluding tert-OH is 1. The van der Waals surface area contributed by atoms with Gasteiger partial charge in [0.15, 0.2) is 9.84 Å². The topological polar surface area (TPSA) is 70.1 Å². The molecule has 1 aromatic carbocycles. The molecule has 0 amide bonds. The Labute approximate surface area is 131 Å². The van der Waals surface area contributed by atoms with Crippen molar-refractivity contribution in [2.24, 2.45) is 0 Å². The van der Waals surface area contributed by atoms with Gasteiger partial charge in [0.25, 0.3) is 0 Å². The number of anilines is 1. The molecule has 2 atom stereocenters. The Balaban J connectivity index is 1.60. The summed E-state index contributed by atoms with van der Waals surface area (Å²) in [6.45, 7) is 3.19. The van der Waals surface area contributed by atoms with Gasteiger partial charge in [0, 0.05) is 31.9 Å². The van der Waals surface area contributed by atoms with Crippen molar-refractivity contribution in [3.05, 3.63) is 24.3 Å². The molecule has 0 aliphatic carbocycles. The lowest BCUT2D eigenvalue weighted by Gasteiger charge is -2.39. The lowest BCUT2D eigenvalue weighted by Crippen LogP contribution is -2.53. The molecule has 0 unspecified atom stereocenters. The Hall–Kier alpha value is -1.31. The van der Waals surface area contributed by atoms with E-state index in [9.17, 15) is 13.5 Å². The molecule has 2 aliphatic heterocycles. The number of aliphatic hydroxyl groups is 1. The molecule has 7 heteroatoms. The average molecular weight is 326 g/mol. The van der Waals surface area contributed by atoms with Crippen LogP contribution in [0.4, 0.5) is 5.69 Å². The van der Waals surface area contributed by atoms with Gasteiger partial charge in [-0.25, -0.2) is 8.42 Å². The van der Waals surface area contributed by atoms with E-state index in [1.807, 2.05) is 24.3 Å². The van der Waals surface area contributed by atoms with Crippen LogP contribution >= 0.6 is 0 Å². The van der Waals surface area contributed by atoms with Crippen LogP contribution in [0.1, 0.15) is 0 Å². The van der Waals surface area contributed by atoms with Gasteiger partial charge in [-0.1, -0.05) is 0 Å². The molecule has 0 spiro atoms. The van der Waals surface area contributed by atoms with E-state index < -0.39 is 15.9 Å². The molecule has 3 rings (SSSR count). The summed E-state index contributed by atoms with van der Waals surface area (Å²) in [5, 5.41) is 9.97. The second-order valence-electron chi connectivity index (χ2n) is 5.93. The molecule has 122 valence electrons. The fourth-order valence-electron chi connectivity index (χ4n) is 3.26. The van der Waals surface area contributed by atoms with Gasteiger partial charge in [0.2, 0.25) is 0 Å². The first-order valence-electron chi connectivity index (χ1n) is 7.50. The zero-order valence-corrected chi connectivity index (χ0v) is 13.5. The maximum atomic E-state index is 11.6. The number of sulfone groups is 1. The molecule has 0 radical (unpaired) electrons. The van der Waals surface area contributed by atoms with Crippen LogP contribution in [0, 0.1) is 0 Å². The summed E-state index contributed by atoms with van der Waals surface area (Å²) in [5.41, 5.74) is 1.14. The van der Waals surface area contributed by atoms with E-state index in [1.165, 1.54) is 0 Å². The highest BCUT2D eigenvalue weighted by Gasteiger charge is 2.40. The Morgan fingerprint density at radius 1 is 1.09 bits per heavy atom. The van der Waals surface area contributed by atoms with Crippen molar-refractivity contribution in [1.82, 2.24) is 4.90 Å². The molecule has 2 aliphatic rings. The highest BCUT2D eigenvalue weighted by Crippen LogP contribution is 2.23. The SMILES string of the molecule is COc1ccc(N2CCN([C@H]3CS(=O)(=O)C[C@H]3O)CC2)cc1. The summed E-state index contributed by atoms with van der Waals surface area (Å²) in [6, 6.07) is 7.69. The lowest BCUT2D eigenvalue weighted by atomic mass is 10.1. The van der Waals surface area contributed by atoms with Crippen molar-refractivity contribution < 1.29 is 18.3 Å². The van der Waals surface area contributed by atoms with E-state index in [4.69, 9.17) is 4.74 Å². The third kappa shape index (κ3) is 3.21. The van der Waals surface area contributed by atoms with Crippen molar-refractivity contribution in [3.8, 4) is 5.75 Å². The van der Waals surface area contributed by atoms with E-state index in [0.29, 0.717) is 0 Å². The average Bonchev–Trinajstić information content (AvgIpc) is 2.80. The summed E-state index contributed by atoms with van der Waals surface area (Å²) in [7, 11) is -1.44. The monoisotopic (exact) mass is 326 g/mol. The van der Waals surface area contributed by atoms with Crippen molar-refractivity contribution in [1.29, 1.82) is 0 Å². The molecule has 2 heterocycles. The van der Waals surface area contributed by atoms with Crippen LogP contribution in [-0.2, 0) is 9.84 Å². The maximum Gasteiger partial charge on any atom is 0.154 e. The quantitative estimate of drug-likeness (QED) is 0.842. The van der Waals surface area contributed by atoms with E-state index in [1.54, 1.807) is 7.11 Å². The normalized spacial score (nSPS) is 28.7. The smallest absolute Gasteiger partial charge is 0.154 e. The molecule has 2 saturated heterocycles. The minimum atomic E-state index is -3.09. The third-order valence-electron chi connectivity index (χ3n) is 4.51. The molecule has 0 saturated carbocycles. The zero-order chi connectivity index (χ0) is 15.7. The minimum Gasteiger partial charge on any atom is -0.497 e. The molecule has 0 bridgehead atoms. The van der Waals surface area contributed by atoms with Crippen LogP contribution in [0.25, 0.3) is 0 Å². The number of rotatable bonds is 3. The first-order valence-corrected chi connectivity index (χ1v) is 9.32. The van der Waals surface area contributed by atoms with Gasteiger partial charge in [-0.15, -0.1) is 0 Å². The summed E-state index contributed by atoms with van der Waals surface area (Å²) in [5.74, 6) is 0.814. The predicted molar refractivity (Wildman–Crippen MR) is 85.2 cm³/mol. The van der Waals surface area contributed by atoms with Crippen LogP contribution in [0.3, 0.4) is 0 Å². The van der Waals surface area contributed by atoms with Crippen LogP contribution in [0.15, 0.2) is 24.3 Å². The number of ether oxygens (including phenoxy) is 1. The molecule has 1 N–H and O–H groups in total. The summed E-state index contributed by atoms with van der Waals surface area (Å²) in [6.07, 6.45) is -0.752. The number of nitrogens with zero attached hydrogens (tertiary/aromatic N) is 2. The molecule has 6 nitrogen and oxygen atoms in total. The second-order valence-corrected chi connectivity index (χ2v) is 8.09. The Morgan fingerprint density at radius 2 is 1.73 bits per heavy atom. The Bertz CT molecular complexity index is 609. The Kier molecular flexibility index (Phi) is 4.29. The number of piperazine rings is 1. The fraction of sp³-hybridized carbons (Fsp3) is 0.600. The van der Waals surface area contributed by atoms with Crippen molar-refractivity contribution in [3.63, 3.8) is 0 Å². The summed E-state index contributed by atoms with van der Waals surface area (Å²) >= 11 is 0. The first-order chi connectivity index (χ1) is 10.5. The summed E-state index contributed by atoms with van der Waals surface area (Å²) in [4.78, 5) is 4.38. The lowest BCUT2D eigenvalue weighted by molar-refractivity contribution is 0.0793. The van der Waals surface area contributed by atoms with Gasteiger partial charge >= 0.3 is 0 Å². The van der Waals surface area contributed by atoms with Crippen LogP contribution in [0.5, 0.6) is 5.75 Å². The van der Waals surface area contributed by atoms with E-state index >= 15 is 0 Å². The molecular weight excluding hydrogens is 304 g/mol. The second kappa shape index (κ2) is 6.06. The number of benzene rings is 1. The van der Waals surface area contributed by atoms with E-state index in [-0.39, 0.29) is 17.5 Å². The number of hydrogen-bond acceptors (Lipinski definition) is 6. The highest BCUT2D eigenvalue weighted by atomic mass is 32.2. The minimum absolute atomic E-state index is 0.0801. The van der Waals surface area contributed by atoms with Gasteiger partial charge in [-0.05, 0) is 24.3 Å². The van der Waals surface area contributed by atoms with E-state index in [2.05, 4.69) is 9.80 Å². The first kappa shape index (κ1) is 15.6. The van der Waals surface area contributed by atoms with Crippen molar-refractivity contribution in [2.75, 3.05) is 49.7 Å². The van der Waals surface area contributed by atoms with Gasteiger partial charge in [-0.3, -0.25) is 4.90 Å². The van der Waals surface area contributed by atoms with Gasteiger partial charge < -0.3 is 14.7 Å². The van der Waals surface area contributed by atoms with Gasteiger partial charge in [0.05, 0.1) is 30.8 Å². The van der Waals surface area contributed by atoms with Crippen LogP contribution in [-0.4, -0.2) is 75.4 Å². The van der Waals surface area contributed by atoms with Crippen molar-refractivity contribution in [2.45, 2.75) is 12.1 Å². The number of methoxy groups -OCH3 is 1. The largest absolute Gasteiger partial charge is 0.497 e. The van der Waals surface area contributed by atoms with E-state index in [0.717, 1.165) is 37.6 Å². The summed E-state index contributed by atoms with van der Waals surface area (Å²) < 4.78 is 28.4. The molecule has 2 fully saturated rings. The fourth-order valence-corrected chi connectivity index (χ4v) is 5.10. The van der Waals surface area contributed by atoms with Crippen molar-refractivity contribution >= 4 is 15.5 Å². The third-order valence-corrected chi connectivity index (χ3v) is 6.21. The zero-order valence-electron chi connectivity index (χ0n) is 12.7. The molecule has 1 aromatic rings. The molecule has 0 aromatic heterocycles. The molecular formula is C15H22N2O4S. The number of hydrogen-bond donors (Lipinski definition) is 1. The Morgan fingerprint density at radius 3 is 2.23 bits per heavy atom. The predicted octanol–water partition coefficient (Wildman–Crippen LogP) is -0.0249. The van der Waals surface area contributed by atoms with Crippen LogP contribution < -0.4 is 9.64 Å². The highest BCUT2D eigenvalue weighted by molar-refractivity contribution is 7.91. The standard InChI is InChI=1S/C15H22N2O4S/c1-21-13-4-2-12(3-5-13)16-6-8-17(9-7-16)14-10-22(19,20)11-15(14)18/h2-5,14-15,18H,6-11H2,1H3/t14-,15+/m0/s1.